The summed E-state index contributed by atoms with van der Waals surface area (Å²) in [6.07, 6.45) is 6.21. The summed E-state index contributed by atoms with van der Waals surface area (Å²) in [6.45, 7) is 8.74. The molecule has 1 heterocycles. The summed E-state index contributed by atoms with van der Waals surface area (Å²) in [6, 6.07) is 0. The molecule has 1 aromatic rings. The van der Waals surface area contributed by atoms with Crippen molar-refractivity contribution >= 4 is 0 Å². The van der Waals surface area contributed by atoms with Crippen LogP contribution in [-0.4, -0.2) is 28.4 Å². The summed E-state index contributed by atoms with van der Waals surface area (Å²) in [5.41, 5.74) is 0.280. The van der Waals surface area contributed by atoms with Crippen molar-refractivity contribution in [2.75, 3.05) is 13.6 Å². The highest BCUT2D eigenvalue weighted by Crippen LogP contribution is 2.26. The van der Waals surface area contributed by atoms with Crippen molar-refractivity contribution in [2.24, 2.45) is 5.41 Å². The SMILES string of the molecule is CCCn1ncnc1CC(C)(CCC)CNC. The van der Waals surface area contributed by atoms with Crippen molar-refractivity contribution in [3.05, 3.63) is 12.2 Å². The molecule has 1 N–H and O–H groups in total. The molecule has 0 saturated heterocycles. The van der Waals surface area contributed by atoms with Gasteiger partial charge in [-0.3, -0.25) is 4.68 Å². The van der Waals surface area contributed by atoms with Crippen LogP contribution in [0.25, 0.3) is 0 Å². The minimum atomic E-state index is 0.280. The quantitative estimate of drug-likeness (QED) is 0.755. The van der Waals surface area contributed by atoms with Gasteiger partial charge in [0, 0.05) is 19.5 Å². The third-order valence-corrected chi connectivity index (χ3v) is 3.17. The molecule has 1 atom stereocenters. The molecule has 1 rings (SSSR count). The highest BCUT2D eigenvalue weighted by atomic mass is 15.3. The van der Waals surface area contributed by atoms with Crippen LogP contribution >= 0.6 is 0 Å². The molecule has 0 fully saturated rings. The van der Waals surface area contributed by atoms with E-state index in [1.165, 1.54) is 12.8 Å². The first-order valence-electron chi connectivity index (χ1n) is 6.66. The van der Waals surface area contributed by atoms with E-state index in [-0.39, 0.29) is 5.41 Å². The molecule has 0 aliphatic heterocycles. The number of rotatable bonds is 8. The fourth-order valence-electron chi connectivity index (χ4n) is 2.47. The van der Waals surface area contributed by atoms with E-state index in [9.17, 15) is 0 Å². The fourth-order valence-corrected chi connectivity index (χ4v) is 2.47. The van der Waals surface area contributed by atoms with Crippen molar-refractivity contribution in [3.8, 4) is 0 Å². The molecule has 0 saturated carbocycles. The standard InChI is InChI=1S/C13H26N4/c1-5-7-13(3,10-14-4)9-12-15-11-16-17(12)8-6-2/h11,14H,5-10H2,1-4H3. The van der Waals surface area contributed by atoms with Gasteiger partial charge in [0.1, 0.15) is 12.2 Å². The Hall–Kier alpha value is -0.900. The molecule has 0 amide bonds. The minimum Gasteiger partial charge on any atom is -0.319 e. The normalized spacial score (nSPS) is 14.8. The van der Waals surface area contributed by atoms with Crippen LogP contribution in [0, 0.1) is 5.41 Å². The third-order valence-electron chi connectivity index (χ3n) is 3.17. The highest BCUT2D eigenvalue weighted by molar-refractivity contribution is 4.93. The van der Waals surface area contributed by atoms with E-state index in [2.05, 4.69) is 36.2 Å². The van der Waals surface area contributed by atoms with Crippen molar-refractivity contribution in [1.29, 1.82) is 0 Å². The van der Waals surface area contributed by atoms with Crippen molar-refractivity contribution < 1.29 is 0 Å². The first-order valence-corrected chi connectivity index (χ1v) is 6.66. The predicted octanol–water partition coefficient (Wildman–Crippen LogP) is 2.26. The smallest absolute Gasteiger partial charge is 0.138 e. The van der Waals surface area contributed by atoms with E-state index < -0.39 is 0 Å². The lowest BCUT2D eigenvalue weighted by molar-refractivity contribution is 0.272. The second kappa shape index (κ2) is 6.74. The van der Waals surface area contributed by atoms with Crippen molar-refractivity contribution in [3.63, 3.8) is 0 Å². The number of nitrogens with one attached hydrogen (secondary N) is 1. The molecule has 4 heteroatoms. The summed E-state index contributed by atoms with van der Waals surface area (Å²) in [7, 11) is 2.02. The van der Waals surface area contributed by atoms with Crippen molar-refractivity contribution in [2.45, 2.75) is 53.0 Å². The van der Waals surface area contributed by atoms with E-state index in [1.807, 2.05) is 11.7 Å². The summed E-state index contributed by atoms with van der Waals surface area (Å²) < 4.78 is 2.05. The van der Waals surface area contributed by atoms with Crippen molar-refractivity contribution in [1.82, 2.24) is 20.1 Å². The Balaban J connectivity index is 2.74. The van der Waals surface area contributed by atoms with E-state index in [4.69, 9.17) is 0 Å². The first-order chi connectivity index (χ1) is 8.15. The second-order valence-electron chi connectivity index (χ2n) is 5.17. The molecule has 1 aromatic heterocycles. The van der Waals surface area contributed by atoms with Gasteiger partial charge in [-0.15, -0.1) is 0 Å². The van der Waals surface area contributed by atoms with Gasteiger partial charge in [-0.2, -0.15) is 5.10 Å². The highest BCUT2D eigenvalue weighted by Gasteiger charge is 2.25. The number of hydrogen-bond acceptors (Lipinski definition) is 3. The van der Waals surface area contributed by atoms with Gasteiger partial charge in [-0.1, -0.05) is 27.2 Å². The van der Waals surface area contributed by atoms with Gasteiger partial charge in [0.25, 0.3) is 0 Å². The molecule has 98 valence electrons. The molecule has 0 spiro atoms. The number of hydrogen-bond donors (Lipinski definition) is 1. The zero-order valence-electron chi connectivity index (χ0n) is 11.7. The van der Waals surface area contributed by atoms with Gasteiger partial charge in [-0.05, 0) is 25.3 Å². The molecule has 17 heavy (non-hydrogen) atoms. The zero-order valence-corrected chi connectivity index (χ0v) is 11.7. The largest absolute Gasteiger partial charge is 0.319 e. The van der Waals surface area contributed by atoms with Gasteiger partial charge >= 0.3 is 0 Å². The topological polar surface area (TPSA) is 42.7 Å². The van der Waals surface area contributed by atoms with Crippen LogP contribution in [0.2, 0.25) is 0 Å². The molecule has 1 unspecified atom stereocenters. The molecule has 4 nitrogen and oxygen atoms in total. The maximum Gasteiger partial charge on any atom is 0.138 e. The maximum absolute atomic E-state index is 4.41. The Bertz CT molecular complexity index is 313. The Morgan fingerprint density at radius 3 is 2.71 bits per heavy atom. The second-order valence-corrected chi connectivity index (χ2v) is 5.17. The lowest BCUT2D eigenvalue weighted by atomic mass is 9.82. The Labute approximate surface area is 105 Å². The van der Waals surface area contributed by atoms with Gasteiger partial charge in [0.15, 0.2) is 0 Å². The Morgan fingerprint density at radius 1 is 1.35 bits per heavy atom. The first kappa shape index (κ1) is 14.2. The van der Waals surface area contributed by atoms with E-state index in [1.54, 1.807) is 6.33 Å². The fraction of sp³-hybridized carbons (Fsp3) is 0.846. The summed E-state index contributed by atoms with van der Waals surface area (Å²) in [5.74, 6) is 1.12. The van der Waals surface area contributed by atoms with Gasteiger partial charge in [0.2, 0.25) is 0 Å². The van der Waals surface area contributed by atoms with Crippen LogP contribution in [0.15, 0.2) is 6.33 Å². The number of nitrogens with zero attached hydrogens (tertiary/aromatic N) is 3. The summed E-state index contributed by atoms with van der Waals surface area (Å²) in [5, 5.41) is 7.60. The van der Waals surface area contributed by atoms with Crippen LogP contribution in [0.1, 0.15) is 45.9 Å². The summed E-state index contributed by atoms with van der Waals surface area (Å²) >= 11 is 0. The van der Waals surface area contributed by atoms with E-state index in [0.717, 1.165) is 31.8 Å². The predicted molar refractivity (Wildman–Crippen MR) is 71.0 cm³/mol. The number of aryl methyl sites for hydroxylation is 1. The lowest BCUT2D eigenvalue weighted by Gasteiger charge is -2.28. The third kappa shape index (κ3) is 4.11. The Kier molecular flexibility index (Phi) is 5.62. The molecule has 0 aliphatic carbocycles. The molecule has 0 aliphatic rings. The molecule has 0 aromatic carbocycles. The summed E-state index contributed by atoms with van der Waals surface area (Å²) in [4.78, 5) is 4.41. The van der Waals surface area contributed by atoms with E-state index in [0.29, 0.717) is 0 Å². The molecule has 0 radical (unpaired) electrons. The van der Waals surface area contributed by atoms with Crippen LogP contribution in [-0.2, 0) is 13.0 Å². The monoisotopic (exact) mass is 238 g/mol. The van der Waals surface area contributed by atoms with Crippen LogP contribution < -0.4 is 5.32 Å². The van der Waals surface area contributed by atoms with Crippen LogP contribution in [0.5, 0.6) is 0 Å². The van der Waals surface area contributed by atoms with Crippen LogP contribution in [0.4, 0.5) is 0 Å². The number of aromatic nitrogens is 3. The van der Waals surface area contributed by atoms with Gasteiger partial charge < -0.3 is 5.32 Å². The minimum absolute atomic E-state index is 0.280. The van der Waals surface area contributed by atoms with Crippen LogP contribution in [0.3, 0.4) is 0 Å². The van der Waals surface area contributed by atoms with E-state index >= 15 is 0 Å². The zero-order chi connectivity index (χ0) is 12.7. The maximum atomic E-state index is 4.41. The average molecular weight is 238 g/mol. The van der Waals surface area contributed by atoms with Gasteiger partial charge in [0.05, 0.1) is 0 Å². The lowest BCUT2D eigenvalue weighted by Crippen LogP contribution is -2.32. The molecular formula is C13H26N4. The Morgan fingerprint density at radius 2 is 2.12 bits per heavy atom. The molecular weight excluding hydrogens is 212 g/mol. The average Bonchev–Trinajstić information content (AvgIpc) is 2.66. The molecule has 0 bridgehead atoms. The van der Waals surface area contributed by atoms with Gasteiger partial charge in [-0.25, -0.2) is 4.98 Å².